The summed E-state index contributed by atoms with van der Waals surface area (Å²) < 4.78 is 34.7. The van der Waals surface area contributed by atoms with Gasteiger partial charge in [-0.3, -0.25) is 24.4 Å². The maximum Gasteiger partial charge on any atom is 0.252 e. The van der Waals surface area contributed by atoms with E-state index < -0.39 is 33.6 Å². The molecule has 0 aliphatic rings. The Hall–Kier alpha value is -6.00. The van der Waals surface area contributed by atoms with Gasteiger partial charge in [0.2, 0.25) is 0 Å². The van der Waals surface area contributed by atoms with E-state index in [1.54, 1.807) is 64.6 Å². The van der Waals surface area contributed by atoms with Crippen LogP contribution < -0.4 is 5.32 Å². The fraction of sp³-hybridized carbons (Fsp3) is 0.192. The molecule has 1 radical (unpaired) electrons. The van der Waals surface area contributed by atoms with Crippen molar-refractivity contribution in [2.45, 2.75) is 56.0 Å². The summed E-state index contributed by atoms with van der Waals surface area (Å²) in [4.78, 5) is 59.7. The van der Waals surface area contributed by atoms with Crippen LogP contribution in [-0.2, 0) is 39.8 Å². The quantitative estimate of drug-likeness (QED) is 0.0265. The van der Waals surface area contributed by atoms with Gasteiger partial charge in [0.1, 0.15) is 16.9 Å². The topological polar surface area (TPSA) is 185 Å². The molecule has 0 aliphatic carbocycles. The number of hydrogen-bond donors (Lipinski definition) is 1. The van der Waals surface area contributed by atoms with Gasteiger partial charge >= 0.3 is 0 Å². The first-order valence-corrected chi connectivity index (χ1v) is 25.4. The predicted octanol–water partition coefficient (Wildman–Crippen LogP) is 10.2. The van der Waals surface area contributed by atoms with Crippen molar-refractivity contribution >= 4 is 71.0 Å². The van der Waals surface area contributed by atoms with Crippen molar-refractivity contribution in [1.29, 1.82) is 0 Å². The van der Waals surface area contributed by atoms with Crippen LogP contribution in [-0.4, -0.2) is 72.9 Å². The van der Waals surface area contributed by atoms with E-state index in [4.69, 9.17) is 0 Å². The van der Waals surface area contributed by atoms with Crippen LogP contribution in [0.15, 0.2) is 169 Å². The van der Waals surface area contributed by atoms with Crippen molar-refractivity contribution in [3.05, 3.63) is 182 Å². The maximum absolute atomic E-state index is 13.2. The third-order valence-corrected chi connectivity index (χ3v) is 13.0. The first-order valence-electron chi connectivity index (χ1n) is 21.5. The number of aromatic nitrogens is 5. The van der Waals surface area contributed by atoms with Crippen LogP contribution in [0.3, 0.4) is 0 Å². The first-order chi connectivity index (χ1) is 32.6. The van der Waals surface area contributed by atoms with E-state index in [9.17, 15) is 27.4 Å². The number of ketones is 2. The monoisotopic (exact) mass is 1140 g/mol. The van der Waals surface area contributed by atoms with Gasteiger partial charge in [-0.2, -0.15) is 0 Å². The molecule has 68 heavy (non-hydrogen) atoms. The third kappa shape index (κ3) is 17.6. The Kier molecular flexibility index (Phi) is 22.1. The second-order valence-electron chi connectivity index (χ2n) is 14.9. The molecular formula is C52H47IrN6O6S3-3. The molecule has 351 valence electrons. The van der Waals surface area contributed by atoms with Gasteiger partial charge in [-0.25, -0.2) is 13.4 Å². The number of unbranched alkanes of at least 4 members (excludes halogenated alkanes) is 2. The molecule has 0 aliphatic heterocycles. The molecule has 8 rings (SSSR count). The zero-order chi connectivity index (χ0) is 47.1. The van der Waals surface area contributed by atoms with Gasteiger partial charge in [0.15, 0.2) is 5.78 Å². The minimum atomic E-state index is -4.80. The summed E-state index contributed by atoms with van der Waals surface area (Å²) in [6, 6.07) is 46.5. The number of carbonyl (C=O) groups excluding carboxylic acids is 3. The van der Waals surface area contributed by atoms with Crippen LogP contribution in [0.5, 0.6) is 0 Å². The summed E-state index contributed by atoms with van der Waals surface area (Å²) >= 11 is 0. The first kappa shape index (κ1) is 53.0. The van der Waals surface area contributed by atoms with Gasteiger partial charge < -0.3 is 19.8 Å². The summed E-state index contributed by atoms with van der Waals surface area (Å²) in [5.74, 6) is -1.29. The van der Waals surface area contributed by atoms with Gasteiger partial charge in [0.05, 0.1) is 32.5 Å². The number of Topliss-reactive ketones (excluding diaryl/α,β-unsaturated/α-hetero) is 2. The molecule has 5 heterocycles. The van der Waals surface area contributed by atoms with Crippen molar-refractivity contribution in [3.63, 3.8) is 0 Å². The Balaban J connectivity index is 0.000000277. The van der Waals surface area contributed by atoms with E-state index in [0.29, 0.717) is 48.5 Å². The summed E-state index contributed by atoms with van der Waals surface area (Å²) in [7, 11) is -1.56. The number of benzene rings is 3. The van der Waals surface area contributed by atoms with Gasteiger partial charge in [-0.1, -0.05) is 65.7 Å². The molecule has 8 aromatic rings. The van der Waals surface area contributed by atoms with Crippen molar-refractivity contribution in [1.82, 2.24) is 30.2 Å². The molecule has 0 saturated carbocycles. The fourth-order valence-corrected chi connectivity index (χ4v) is 9.32. The molecule has 1 amide bonds. The average molecular weight is 1140 g/mol. The van der Waals surface area contributed by atoms with Crippen molar-refractivity contribution in [2.75, 3.05) is 11.5 Å². The molecule has 0 spiro atoms. The number of nitrogens with zero attached hydrogens (tertiary/aromatic N) is 5. The minimum absolute atomic E-state index is 0. The Morgan fingerprint density at radius 1 is 0.603 bits per heavy atom. The van der Waals surface area contributed by atoms with E-state index in [1.807, 2.05) is 109 Å². The van der Waals surface area contributed by atoms with E-state index >= 15 is 0 Å². The minimum Gasteiger partial charge on any atom is -0.748 e. The van der Waals surface area contributed by atoms with Crippen molar-refractivity contribution in [3.8, 4) is 22.5 Å². The molecule has 1 N–H and O–H groups in total. The zero-order valence-corrected chi connectivity index (χ0v) is 41.6. The van der Waals surface area contributed by atoms with Crippen LogP contribution in [0.1, 0.15) is 55.3 Å². The Labute approximate surface area is 418 Å². The molecule has 3 aromatic carbocycles. The van der Waals surface area contributed by atoms with Crippen LogP contribution in [0.25, 0.3) is 44.3 Å². The summed E-state index contributed by atoms with van der Waals surface area (Å²) in [6.45, 7) is 0. The van der Waals surface area contributed by atoms with Crippen LogP contribution in [0.4, 0.5) is 0 Å². The average Bonchev–Trinajstić information content (AvgIpc) is 3.37. The molecule has 0 fully saturated rings. The number of carbonyl (C=O) groups is 3. The smallest absolute Gasteiger partial charge is 0.252 e. The molecule has 1 unspecified atom stereocenters. The van der Waals surface area contributed by atoms with Gasteiger partial charge in [0, 0.05) is 86.9 Å². The molecule has 12 nitrogen and oxygen atoms in total. The number of amides is 1. The summed E-state index contributed by atoms with van der Waals surface area (Å²) in [5.41, 5.74) is 5.29. The Morgan fingerprint density at radius 3 is 1.81 bits per heavy atom. The van der Waals surface area contributed by atoms with Crippen molar-refractivity contribution in [2.24, 2.45) is 0 Å². The van der Waals surface area contributed by atoms with Gasteiger partial charge in [0.25, 0.3) is 5.91 Å². The summed E-state index contributed by atoms with van der Waals surface area (Å²) in [5, 5.41) is 4.71. The zero-order valence-electron chi connectivity index (χ0n) is 36.8. The van der Waals surface area contributed by atoms with Gasteiger partial charge in [-0.05, 0) is 77.8 Å². The second kappa shape index (κ2) is 28.4. The SMILES string of the molecule is O=C(CCCCCC(=O)C(CS(=O)(=O)[O-])NC(=O)c1ccnc2c1ccc1cccnc12)CCCSSc1ccccn1.[Ir].[c-]1ccccc1-c1ccccn1.[c-]1ccccc1-c1ccccn1. The van der Waals surface area contributed by atoms with Gasteiger partial charge in [-0.15, -0.1) is 71.8 Å². The van der Waals surface area contributed by atoms with E-state index in [-0.39, 0.29) is 37.9 Å². The fourth-order valence-electron chi connectivity index (χ4n) is 6.68. The van der Waals surface area contributed by atoms with Crippen molar-refractivity contribution < 1.29 is 47.5 Å². The van der Waals surface area contributed by atoms with E-state index in [2.05, 4.69) is 42.4 Å². The number of fused-ring (bicyclic) bond motifs is 3. The normalized spacial score (nSPS) is 11.2. The van der Waals surface area contributed by atoms with E-state index in [1.165, 1.54) is 12.3 Å². The molecular weight excluding hydrogens is 1090 g/mol. The standard InChI is InChI=1S/C30H32N4O6S3.2C11H8N.Ir/c35-22(10-7-19-41-42-27-12-4-5-16-31-27)9-2-1-3-11-26(36)25(20-43(38,39)40)34-30(37)24-15-18-33-29-23(24)14-13-21-8-6-17-32-28(21)29;2*1-2-6-10(7-3-1)11-8-4-5-9-12-11;/h4-6,8,12-18,25H,1-3,7,9-11,19-20H2,(H,34,37)(H,38,39,40);2*1-6,8-9H;/q;2*-1;/p-1. The Bertz CT molecular complexity index is 2760. The maximum atomic E-state index is 13.2. The van der Waals surface area contributed by atoms with Crippen LogP contribution in [0.2, 0.25) is 0 Å². The molecule has 1 atom stereocenters. The van der Waals surface area contributed by atoms with Crippen LogP contribution >= 0.6 is 21.6 Å². The third-order valence-electron chi connectivity index (χ3n) is 9.94. The number of rotatable bonds is 19. The number of nitrogens with one attached hydrogen (secondary N) is 1. The summed E-state index contributed by atoms with van der Waals surface area (Å²) in [6.07, 6.45) is 11.6. The molecule has 0 bridgehead atoms. The number of hydrogen-bond acceptors (Lipinski definition) is 13. The largest absolute Gasteiger partial charge is 0.748 e. The number of pyridine rings is 5. The molecule has 5 aromatic heterocycles. The van der Waals surface area contributed by atoms with Crippen LogP contribution in [0, 0.1) is 12.1 Å². The van der Waals surface area contributed by atoms with E-state index in [0.717, 1.165) is 45.1 Å². The second-order valence-corrected chi connectivity index (χ2v) is 18.8. The molecule has 0 saturated heterocycles. The molecule has 16 heteroatoms. The predicted molar refractivity (Wildman–Crippen MR) is 265 cm³/mol. The Morgan fingerprint density at radius 2 is 1.21 bits per heavy atom.